The maximum atomic E-state index is 12.6. The zero-order valence-corrected chi connectivity index (χ0v) is 24.3. The number of hydrogen-bond acceptors (Lipinski definition) is 7. The van der Waals surface area contributed by atoms with Crippen LogP contribution in [0.2, 0.25) is 0 Å². The molecule has 10 heteroatoms. The Morgan fingerprint density at radius 2 is 1.85 bits per heavy atom. The molecule has 1 saturated heterocycles. The van der Waals surface area contributed by atoms with E-state index in [1.165, 1.54) is 0 Å². The molecule has 1 aliphatic rings. The number of amides is 1. The minimum Gasteiger partial charge on any atom is -0.494 e. The zero-order chi connectivity index (χ0) is 28.9. The van der Waals surface area contributed by atoms with Crippen molar-refractivity contribution in [2.45, 2.75) is 25.8 Å². The van der Waals surface area contributed by atoms with Crippen LogP contribution in [0.15, 0.2) is 55.1 Å². The van der Waals surface area contributed by atoms with E-state index in [2.05, 4.69) is 39.3 Å². The van der Waals surface area contributed by atoms with Crippen LogP contribution in [0.1, 0.15) is 41.9 Å². The lowest BCUT2D eigenvalue weighted by atomic mass is 10.0. The van der Waals surface area contributed by atoms with Crippen molar-refractivity contribution in [3.05, 3.63) is 66.4 Å². The second-order valence-electron chi connectivity index (χ2n) is 10.4. The molecular formula is C31H40N6O4. The Morgan fingerprint density at radius 1 is 1.07 bits per heavy atom. The number of benzene rings is 2. The van der Waals surface area contributed by atoms with Crippen LogP contribution >= 0.6 is 0 Å². The van der Waals surface area contributed by atoms with Crippen molar-refractivity contribution in [3.63, 3.8) is 0 Å². The van der Waals surface area contributed by atoms with Gasteiger partial charge in [0.15, 0.2) is 17.4 Å². The summed E-state index contributed by atoms with van der Waals surface area (Å²) in [7, 11) is 5.04. The third kappa shape index (κ3) is 5.83. The second kappa shape index (κ2) is 12.6. The summed E-state index contributed by atoms with van der Waals surface area (Å²) in [5.74, 6) is 1.35. The van der Waals surface area contributed by atoms with Gasteiger partial charge in [-0.25, -0.2) is 4.98 Å². The van der Waals surface area contributed by atoms with Gasteiger partial charge in [-0.1, -0.05) is 19.1 Å². The van der Waals surface area contributed by atoms with Gasteiger partial charge >= 0.3 is 0 Å². The van der Waals surface area contributed by atoms with Crippen molar-refractivity contribution < 1.29 is 19.4 Å². The fourth-order valence-electron chi connectivity index (χ4n) is 5.73. The quantitative estimate of drug-likeness (QED) is 0.267. The Morgan fingerprint density at radius 3 is 2.54 bits per heavy atom. The van der Waals surface area contributed by atoms with Gasteiger partial charge in [0.2, 0.25) is 0 Å². The van der Waals surface area contributed by atoms with Crippen molar-refractivity contribution in [2.24, 2.45) is 7.05 Å². The zero-order valence-electron chi connectivity index (χ0n) is 24.3. The largest absolute Gasteiger partial charge is 0.494 e. The van der Waals surface area contributed by atoms with Crippen molar-refractivity contribution in [1.29, 1.82) is 0 Å². The third-order valence-corrected chi connectivity index (χ3v) is 8.11. The number of nitrogens with one attached hydrogen (secondary N) is 1. The standard InChI is InChI=1S/C31H40N6O4/c1-5-35-14-16-36(17-15-35)26-9-6-8-23-24(26)20-37(31(23)39)25(22-11-12-28(40-3)29(18-22)41-4)10-7-13-33-30(38)27-19-32-21-34(27)2/h6,8-9,11-12,18-21,25,39H,5,7,10,13-17H2,1-4H3,(H,33,38)/t25-/m1/s1. The van der Waals surface area contributed by atoms with E-state index >= 15 is 0 Å². The molecule has 10 nitrogen and oxygen atoms in total. The van der Waals surface area contributed by atoms with Gasteiger partial charge in [-0.05, 0) is 49.2 Å². The second-order valence-corrected chi connectivity index (χ2v) is 10.4. The molecule has 0 bridgehead atoms. The summed E-state index contributed by atoms with van der Waals surface area (Å²) in [6.45, 7) is 7.71. The highest BCUT2D eigenvalue weighted by Gasteiger charge is 2.24. The smallest absolute Gasteiger partial charge is 0.269 e. The summed E-state index contributed by atoms with van der Waals surface area (Å²) in [6, 6.07) is 11.8. The molecule has 218 valence electrons. The first-order valence-electron chi connectivity index (χ1n) is 14.2. The number of aromatic nitrogens is 3. The highest BCUT2D eigenvalue weighted by molar-refractivity contribution is 5.98. The van der Waals surface area contributed by atoms with E-state index < -0.39 is 0 Å². The predicted octanol–water partition coefficient (Wildman–Crippen LogP) is 4.04. The molecule has 0 spiro atoms. The number of carbonyl (C=O) groups is 1. The number of rotatable bonds is 11. The summed E-state index contributed by atoms with van der Waals surface area (Å²) in [5.41, 5.74) is 2.64. The molecule has 3 heterocycles. The Bertz CT molecular complexity index is 1490. The number of imidazole rings is 1. The van der Waals surface area contributed by atoms with E-state index in [9.17, 15) is 9.90 Å². The number of hydrogen-bond donors (Lipinski definition) is 2. The lowest BCUT2D eigenvalue weighted by molar-refractivity contribution is 0.0944. The van der Waals surface area contributed by atoms with Gasteiger partial charge in [0.25, 0.3) is 5.91 Å². The Labute approximate surface area is 241 Å². The van der Waals surface area contributed by atoms with E-state index in [1.54, 1.807) is 38.4 Å². The van der Waals surface area contributed by atoms with Crippen LogP contribution in [0.25, 0.3) is 10.8 Å². The lowest BCUT2D eigenvalue weighted by Crippen LogP contribution is -2.46. The molecular weight excluding hydrogens is 520 g/mol. The molecule has 41 heavy (non-hydrogen) atoms. The molecule has 2 aromatic heterocycles. The molecule has 5 rings (SSSR count). The number of aryl methyl sites for hydroxylation is 1. The molecule has 2 N–H and O–H groups in total. The summed E-state index contributed by atoms with van der Waals surface area (Å²) in [4.78, 5) is 21.5. The number of piperazine rings is 1. The average molecular weight is 561 g/mol. The molecule has 1 atom stereocenters. The number of methoxy groups -OCH3 is 2. The van der Waals surface area contributed by atoms with Crippen LogP contribution in [-0.4, -0.2) is 83.5 Å². The van der Waals surface area contributed by atoms with Crippen LogP contribution < -0.4 is 19.7 Å². The minimum atomic E-state index is -0.194. The summed E-state index contributed by atoms with van der Waals surface area (Å²) < 4.78 is 14.7. The molecule has 1 amide bonds. The van der Waals surface area contributed by atoms with E-state index in [1.807, 2.05) is 34.9 Å². The Balaban J connectivity index is 1.44. The van der Waals surface area contributed by atoms with Gasteiger partial charge in [0, 0.05) is 62.4 Å². The Hall–Kier alpha value is -4.18. The third-order valence-electron chi connectivity index (χ3n) is 8.11. The van der Waals surface area contributed by atoms with Crippen molar-refractivity contribution in [3.8, 4) is 17.4 Å². The first-order chi connectivity index (χ1) is 19.9. The minimum absolute atomic E-state index is 0.157. The van der Waals surface area contributed by atoms with Gasteiger partial charge in [-0.2, -0.15) is 0 Å². The first kappa shape index (κ1) is 28.4. The Kier molecular flexibility index (Phi) is 8.68. The molecule has 2 aromatic carbocycles. The van der Waals surface area contributed by atoms with Crippen LogP contribution in [0, 0.1) is 0 Å². The van der Waals surface area contributed by atoms with E-state index in [-0.39, 0.29) is 17.8 Å². The fraction of sp³-hybridized carbons (Fsp3) is 0.419. The maximum Gasteiger partial charge on any atom is 0.269 e. The topological polar surface area (TPSA) is 97.0 Å². The number of aromatic hydroxyl groups is 1. The van der Waals surface area contributed by atoms with E-state index in [0.29, 0.717) is 36.6 Å². The fourth-order valence-corrected chi connectivity index (χ4v) is 5.73. The monoisotopic (exact) mass is 560 g/mol. The summed E-state index contributed by atoms with van der Waals surface area (Å²) in [5, 5.41) is 16.4. The van der Waals surface area contributed by atoms with Crippen LogP contribution in [0.4, 0.5) is 5.69 Å². The molecule has 0 aliphatic carbocycles. The summed E-state index contributed by atoms with van der Waals surface area (Å²) >= 11 is 0. The van der Waals surface area contributed by atoms with Gasteiger partial charge in [-0.15, -0.1) is 0 Å². The highest BCUT2D eigenvalue weighted by atomic mass is 16.5. The molecule has 1 aliphatic heterocycles. The number of ether oxygens (including phenoxy) is 2. The molecule has 1 fully saturated rings. The number of likely N-dealkylation sites (N-methyl/N-ethyl adjacent to an activating group) is 1. The van der Waals surface area contributed by atoms with Gasteiger partial charge in [0.1, 0.15) is 5.69 Å². The highest BCUT2D eigenvalue weighted by Crippen LogP contribution is 2.40. The van der Waals surface area contributed by atoms with Crippen molar-refractivity contribution in [1.82, 2.24) is 24.3 Å². The molecule has 0 saturated carbocycles. The molecule has 0 unspecified atom stereocenters. The number of nitrogens with zero attached hydrogens (tertiary/aromatic N) is 5. The van der Waals surface area contributed by atoms with E-state index in [0.717, 1.165) is 54.7 Å². The van der Waals surface area contributed by atoms with Gasteiger partial charge < -0.3 is 38.8 Å². The van der Waals surface area contributed by atoms with Crippen LogP contribution in [-0.2, 0) is 7.05 Å². The molecule has 0 radical (unpaired) electrons. The number of anilines is 1. The van der Waals surface area contributed by atoms with Crippen molar-refractivity contribution >= 4 is 22.4 Å². The predicted molar refractivity (Wildman–Crippen MR) is 160 cm³/mol. The van der Waals surface area contributed by atoms with Gasteiger partial charge in [-0.3, -0.25) is 4.79 Å². The van der Waals surface area contributed by atoms with Gasteiger partial charge in [0.05, 0.1) is 32.8 Å². The normalized spacial score (nSPS) is 14.8. The molecule has 4 aromatic rings. The number of fused-ring (bicyclic) bond motifs is 1. The van der Waals surface area contributed by atoms with E-state index in [4.69, 9.17) is 9.47 Å². The number of carbonyl (C=O) groups excluding carboxylic acids is 1. The first-order valence-corrected chi connectivity index (χ1v) is 14.2. The van der Waals surface area contributed by atoms with Crippen LogP contribution in [0.3, 0.4) is 0 Å². The average Bonchev–Trinajstić information content (AvgIpc) is 3.59. The van der Waals surface area contributed by atoms with Crippen molar-refractivity contribution in [2.75, 3.05) is 58.4 Å². The lowest BCUT2D eigenvalue weighted by Gasteiger charge is -2.35. The van der Waals surface area contributed by atoms with Crippen LogP contribution in [0.5, 0.6) is 17.4 Å². The maximum absolute atomic E-state index is 12.6. The SMILES string of the molecule is CCN1CCN(c2cccc3c(O)n([C@H](CCCNC(=O)c4cncn4C)c4ccc(OC)c(OC)c4)cc23)CC1. The summed E-state index contributed by atoms with van der Waals surface area (Å²) in [6.07, 6.45) is 6.62.